The molecule has 0 bridgehead atoms. The van der Waals surface area contributed by atoms with Crippen LogP contribution in [0.1, 0.15) is 6.92 Å². The van der Waals surface area contributed by atoms with E-state index in [9.17, 15) is 4.79 Å². The SMILES string of the molecule is CCOC(=O)/C(C#N)=C/Nc1nc(-c2ccccn2)cs1. The third kappa shape index (κ3) is 3.87. The highest BCUT2D eigenvalue weighted by molar-refractivity contribution is 7.14. The largest absolute Gasteiger partial charge is 0.462 e. The van der Waals surface area contributed by atoms with Crippen molar-refractivity contribution in [2.45, 2.75) is 6.92 Å². The number of pyridine rings is 1. The van der Waals surface area contributed by atoms with Gasteiger partial charge in [0, 0.05) is 17.8 Å². The molecule has 7 heteroatoms. The van der Waals surface area contributed by atoms with Crippen molar-refractivity contribution >= 4 is 22.4 Å². The smallest absolute Gasteiger partial charge is 0.350 e. The van der Waals surface area contributed by atoms with E-state index in [1.807, 2.05) is 23.6 Å². The van der Waals surface area contributed by atoms with Crippen molar-refractivity contribution in [2.75, 3.05) is 11.9 Å². The normalized spacial score (nSPS) is 10.8. The van der Waals surface area contributed by atoms with Gasteiger partial charge < -0.3 is 10.1 Å². The second-order valence-corrected chi connectivity index (χ2v) is 4.65. The van der Waals surface area contributed by atoms with Gasteiger partial charge in [-0.1, -0.05) is 6.07 Å². The van der Waals surface area contributed by atoms with E-state index in [2.05, 4.69) is 15.3 Å². The molecule has 0 saturated carbocycles. The highest BCUT2D eigenvalue weighted by Gasteiger charge is 2.10. The van der Waals surface area contributed by atoms with Crippen molar-refractivity contribution in [2.24, 2.45) is 0 Å². The molecule has 0 atom stereocenters. The third-order valence-electron chi connectivity index (χ3n) is 2.39. The van der Waals surface area contributed by atoms with E-state index in [-0.39, 0.29) is 12.2 Å². The minimum atomic E-state index is -0.658. The summed E-state index contributed by atoms with van der Waals surface area (Å²) >= 11 is 1.35. The van der Waals surface area contributed by atoms with Gasteiger partial charge in [-0.25, -0.2) is 9.78 Å². The molecule has 0 aliphatic heterocycles. The Morgan fingerprint density at radius 3 is 3.05 bits per heavy atom. The fourth-order valence-corrected chi connectivity index (χ4v) is 2.13. The van der Waals surface area contributed by atoms with Crippen LogP contribution in [0.2, 0.25) is 0 Å². The molecule has 0 aliphatic rings. The second kappa shape index (κ2) is 7.17. The number of carbonyl (C=O) groups excluding carboxylic acids is 1. The molecule has 2 heterocycles. The predicted octanol–water partition coefficient (Wildman–Crippen LogP) is 2.59. The number of nitrogens with one attached hydrogen (secondary N) is 1. The van der Waals surface area contributed by atoms with Gasteiger partial charge in [0.15, 0.2) is 10.7 Å². The molecule has 106 valence electrons. The lowest BCUT2D eigenvalue weighted by molar-refractivity contribution is -0.138. The molecule has 0 saturated heterocycles. The van der Waals surface area contributed by atoms with E-state index in [4.69, 9.17) is 10.00 Å². The van der Waals surface area contributed by atoms with Gasteiger partial charge in [0.25, 0.3) is 0 Å². The first-order chi connectivity index (χ1) is 10.2. The van der Waals surface area contributed by atoms with Crippen molar-refractivity contribution in [3.05, 3.63) is 41.5 Å². The van der Waals surface area contributed by atoms with E-state index in [0.29, 0.717) is 5.13 Å². The summed E-state index contributed by atoms with van der Waals surface area (Å²) in [4.78, 5) is 20.0. The van der Waals surface area contributed by atoms with Gasteiger partial charge in [-0.3, -0.25) is 4.98 Å². The Morgan fingerprint density at radius 1 is 1.52 bits per heavy atom. The number of hydrogen-bond acceptors (Lipinski definition) is 7. The number of aromatic nitrogens is 2. The summed E-state index contributed by atoms with van der Waals surface area (Å²) in [6.45, 7) is 1.90. The highest BCUT2D eigenvalue weighted by atomic mass is 32.1. The predicted molar refractivity (Wildman–Crippen MR) is 79.3 cm³/mol. The van der Waals surface area contributed by atoms with Crippen LogP contribution in [0, 0.1) is 11.3 Å². The van der Waals surface area contributed by atoms with Crippen molar-refractivity contribution in [3.8, 4) is 17.5 Å². The van der Waals surface area contributed by atoms with Crippen LogP contribution in [0.3, 0.4) is 0 Å². The van der Waals surface area contributed by atoms with Gasteiger partial charge in [0.1, 0.15) is 11.8 Å². The maximum Gasteiger partial charge on any atom is 0.350 e. The van der Waals surface area contributed by atoms with Crippen LogP contribution >= 0.6 is 11.3 Å². The summed E-state index contributed by atoms with van der Waals surface area (Å²) in [5.41, 5.74) is 1.38. The Morgan fingerprint density at radius 2 is 2.38 bits per heavy atom. The molecule has 6 nitrogen and oxygen atoms in total. The fourth-order valence-electron chi connectivity index (χ4n) is 1.45. The van der Waals surface area contributed by atoms with Crippen LogP contribution in [0.5, 0.6) is 0 Å². The van der Waals surface area contributed by atoms with E-state index < -0.39 is 5.97 Å². The molecule has 2 aromatic heterocycles. The molecular formula is C14H12N4O2S. The third-order valence-corrected chi connectivity index (χ3v) is 3.16. The van der Waals surface area contributed by atoms with Crippen LogP contribution in [-0.4, -0.2) is 22.5 Å². The highest BCUT2D eigenvalue weighted by Crippen LogP contribution is 2.23. The Labute approximate surface area is 125 Å². The van der Waals surface area contributed by atoms with E-state index in [1.165, 1.54) is 17.5 Å². The standard InChI is InChI=1S/C14H12N4O2S/c1-2-20-13(19)10(7-15)8-17-14-18-12(9-21-14)11-5-3-4-6-16-11/h3-6,8-9H,2H2,1H3,(H,17,18)/b10-8+. The molecule has 21 heavy (non-hydrogen) atoms. The van der Waals surface area contributed by atoms with Gasteiger partial charge in [-0.05, 0) is 19.1 Å². The number of ether oxygens (including phenoxy) is 1. The number of anilines is 1. The van der Waals surface area contributed by atoms with Crippen LogP contribution in [0.15, 0.2) is 41.5 Å². The van der Waals surface area contributed by atoms with Gasteiger partial charge in [-0.2, -0.15) is 5.26 Å². The number of carbonyl (C=O) groups is 1. The summed E-state index contributed by atoms with van der Waals surface area (Å²) in [5.74, 6) is -0.658. The molecule has 0 amide bonds. The molecule has 1 N–H and O–H groups in total. The van der Waals surface area contributed by atoms with Crippen molar-refractivity contribution in [3.63, 3.8) is 0 Å². The number of thiazole rings is 1. The molecule has 2 rings (SSSR count). The zero-order valence-electron chi connectivity index (χ0n) is 11.2. The average molecular weight is 300 g/mol. The summed E-state index contributed by atoms with van der Waals surface area (Å²) in [5, 5.41) is 14.1. The summed E-state index contributed by atoms with van der Waals surface area (Å²) in [6.07, 6.45) is 2.98. The van der Waals surface area contributed by atoms with Crippen LogP contribution in [0.4, 0.5) is 5.13 Å². The Kier molecular flexibility index (Phi) is 5.01. The number of nitrogens with zero attached hydrogens (tertiary/aromatic N) is 3. The Hall–Kier alpha value is -2.72. The quantitative estimate of drug-likeness (QED) is 0.519. The molecule has 0 fully saturated rings. The lowest BCUT2D eigenvalue weighted by Crippen LogP contribution is -2.07. The Balaban J connectivity index is 2.09. The van der Waals surface area contributed by atoms with E-state index >= 15 is 0 Å². The minimum Gasteiger partial charge on any atom is -0.462 e. The Bertz CT molecular complexity index is 688. The average Bonchev–Trinajstić information content (AvgIpc) is 2.98. The molecule has 0 unspecified atom stereocenters. The topological polar surface area (TPSA) is 87.9 Å². The first-order valence-corrected chi connectivity index (χ1v) is 7.03. The zero-order valence-corrected chi connectivity index (χ0v) is 12.1. The van der Waals surface area contributed by atoms with Crippen LogP contribution in [0.25, 0.3) is 11.4 Å². The molecular weight excluding hydrogens is 288 g/mol. The molecule has 0 aromatic carbocycles. The summed E-state index contributed by atoms with van der Waals surface area (Å²) in [6, 6.07) is 7.35. The van der Waals surface area contributed by atoms with Gasteiger partial charge in [0.05, 0.1) is 12.3 Å². The molecule has 0 radical (unpaired) electrons. The first kappa shape index (κ1) is 14.7. The molecule has 0 aliphatic carbocycles. The lowest BCUT2D eigenvalue weighted by atomic mass is 10.3. The number of esters is 1. The van der Waals surface area contributed by atoms with Crippen LogP contribution in [-0.2, 0) is 9.53 Å². The zero-order chi connectivity index (χ0) is 15.1. The van der Waals surface area contributed by atoms with Gasteiger partial charge in [-0.15, -0.1) is 11.3 Å². The minimum absolute atomic E-state index is 0.105. The molecule has 0 spiro atoms. The monoisotopic (exact) mass is 300 g/mol. The van der Waals surface area contributed by atoms with E-state index in [1.54, 1.807) is 19.2 Å². The van der Waals surface area contributed by atoms with Gasteiger partial charge >= 0.3 is 5.97 Å². The number of nitriles is 1. The molecule has 2 aromatic rings. The first-order valence-electron chi connectivity index (χ1n) is 6.15. The van der Waals surface area contributed by atoms with Crippen molar-refractivity contribution in [1.82, 2.24) is 9.97 Å². The lowest BCUT2D eigenvalue weighted by Gasteiger charge is -1.99. The van der Waals surface area contributed by atoms with E-state index in [0.717, 1.165) is 11.4 Å². The summed E-state index contributed by atoms with van der Waals surface area (Å²) in [7, 11) is 0. The fraction of sp³-hybridized carbons (Fsp3) is 0.143. The second-order valence-electron chi connectivity index (χ2n) is 3.79. The van der Waals surface area contributed by atoms with Crippen LogP contribution < -0.4 is 5.32 Å². The summed E-state index contributed by atoms with van der Waals surface area (Å²) < 4.78 is 4.76. The number of hydrogen-bond donors (Lipinski definition) is 1. The van der Waals surface area contributed by atoms with Crippen molar-refractivity contribution in [1.29, 1.82) is 5.26 Å². The van der Waals surface area contributed by atoms with Crippen molar-refractivity contribution < 1.29 is 9.53 Å². The van der Waals surface area contributed by atoms with Gasteiger partial charge in [0.2, 0.25) is 0 Å². The maximum atomic E-state index is 11.4. The maximum absolute atomic E-state index is 11.4. The number of rotatable bonds is 5.